The van der Waals surface area contributed by atoms with Crippen LogP contribution in [0.3, 0.4) is 0 Å². The molecule has 32 heavy (non-hydrogen) atoms. The van der Waals surface area contributed by atoms with Crippen LogP contribution in [0.5, 0.6) is 0 Å². The first-order chi connectivity index (χ1) is 15.6. The summed E-state index contributed by atoms with van der Waals surface area (Å²) in [5, 5.41) is 30.3. The van der Waals surface area contributed by atoms with Crippen LogP contribution in [0.1, 0.15) is 24.1 Å². The zero-order chi connectivity index (χ0) is 22.2. The van der Waals surface area contributed by atoms with Crippen molar-refractivity contribution in [1.29, 1.82) is 10.5 Å². The van der Waals surface area contributed by atoms with Crippen molar-refractivity contribution in [3.63, 3.8) is 0 Å². The predicted molar refractivity (Wildman–Crippen MR) is 119 cm³/mol. The molecule has 1 unspecified atom stereocenters. The number of nitriles is 2. The van der Waals surface area contributed by atoms with Crippen LogP contribution in [-0.2, 0) is 4.74 Å². The second kappa shape index (κ2) is 8.15. The molecule has 1 aliphatic carbocycles. The number of fused-ring (bicyclic) bond motifs is 1. The van der Waals surface area contributed by atoms with Crippen molar-refractivity contribution in [2.24, 2.45) is 0 Å². The number of aromatic nitrogens is 4. The maximum Gasteiger partial charge on any atom is 0.247 e. The van der Waals surface area contributed by atoms with Crippen LogP contribution in [0.25, 0.3) is 5.65 Å². The highest BCUT2D eigenvalue weighted by Crippen LogP contribution is 2.37. The molecule has 1 aliphatic heterocycles. The summed E-state index contributed by atoms with van der Waals surface area (Å²) in [6.07, 6.45) is 3.38. The molecule has 10 nitrogen and oxygen atoms in total. The first kappa shape index (κ1) is 20.3. The molecule has 1 saturated carbocycles. The van der Waals surface area contributed by atoms with E-state index in [1.54, 1.807) is 12.1 Å². The van der Waals surface area contributed by atoms with Gasteiger partial charge in [-0.25, -0.2) is 4.98 Å². The van der Waals surface area contributed by atoms with Crippen molar-refractivity contribution in [2.45, 2.75) is 25.0 Å². The van der Waals surface area contributed by atoms with E-state index in [0.29, 0.717) is 59.2 Å². The number of hydrogen-bond acceptors (Lipinski definition) is 9. The first-order valence-electron chi connectivity index (χ1n) is 10.2. The van der Waals surface area contributed by atoms with Gasteiger partial charge in [0.25, 0.3) is 0 Å². The minimum absolute atomic E-state index is 0.186. The second-order valence-electron chi connectivity index (χ2n) is 7.73. The van der Waals surface area contributed by atoms with E-state index in [1.807, 2.05) is 4.90 Å². The summed E-state index contributed by atoms with van der Waals surface area (Å²) < 4.78 is 6.96. The van der Waals surface area contributed by atoms with Gasteiger partial charge in [-0.15, -0.1) is 5.10 Å². The maximum atomic E-state index is 9.56. The van der Waals surface area contributed by atoms with E-state index >= 15 is 0 Å². The molecule has 161 valence electrons. The average Bonchev–Trinajstić information content (AvgIpc) is 3.51. The van der Waals surface area contributed by atoms with Gasteiger partial charge in [-0.2, -0.15) is 20.0 Å². The number of hydrogen-bond donors (Lipinski definition) is 2. The van der Waals surface area contributed by atoms with Gasteiger partial charge >= 0.3 is 0 Å². The van der Waals surface area contributed by atoms with Gasteiger partial charge in [-0.3, -0.25) is 0 Å². The number of anilines is 4. The summed E-state index contributed by atoms with van der Waals surface area (Å²) in [6, 6.07) is 7.99. The minimum Gasteiger partial charge on any atom is -0.375 e. The summed E-state index contributed by atoms with van der Waals surface area (Å²) in [7, 11) is 0. The van der Waals surface area contributed by atoms with Crippen LogP contribution in [0.2, 0.25) is 5.02 Å². The van der Waals surface area contributed by atoms with E-state index in [9.17, 15) is 10.5 Å². The lowest BCUT2D eigenvalue weighted by Crippen LogP contribution is -2.41. The molecule has 2 aromatic heterocycles. The number of nitrogens with zero attached hydrogens (tertiary/aromatic N) is 7. The van der Waals surface area contributed by atoms with E-state index in [4.69, 9.17) is 16.3 Å². The molecule has 0 amide bonds. The Hall–Kier alpha value is -3.60. The first-order valence-corrected chi connectivity index (χ1v) is 10.6. The maximum absolute atomic E-state index is 9.56. The van der Waals surface area contributed by atoms with Gasteiger partial charge in [0.2, 0.25) is 5.95 Å². The molecule has 11 heteroatoms. The Morgan fingerprint density at radius 1 is 1.25 bits per heavy atom. The van der Waals surface area contributed by atoms with E-state index in [0.717, 1.165) is 12.8 Å². The van der Waals surface area contributed by atoms with Crippen LogP contribution in [0.4, 0.5) is 23.1 Å². The monoisotopic (exact) mass is 448 g/mol. The van der Waals surface area contributed by atoms with Crippen molar-refractivity contribution in [2.75, 3.05) is 35.2 Å². The Labute approximate surface area is 189 Å². The van der Waals surface area contributed by atoms with Crippen molar-refractivity contribution in [3.8, 4) is 12.1 Å². The van der Waals surface area contributed by atoms with Crippen LogP contribution in [-0.4, -0.2) is 51.4 Å². The normalized spacial score (nSPS) is 18.2. The number of halogens is 1. The van der Waals surface area contributed by atoms with E-state index < -0.39 is 0 Å². The number of ether oxygens (including phenoxy) is 1. The number of morpholine rings is 1. The van der Waals surface area contributed by atoms with Crippen LogP contribution in [0.15, 0.2) is 18.3 Å². The third kappa shape index (κ3) is 3.86. The molecular weight excluding hydrogens is 430 g/mol. The van der Waals surface area contributed by atoms with Gasteiger partial charge in [0.1, 0.15) is 6.07 Å². The fourth-order valence-electron chi connectivity index (χ4n) is 3.58. The third-order valence-electron chi connectivity index (χ3n) is 5.30. The predicted octanol–water partition coefficient (Wildman–Crippen LogP) is 2.88. The van der Waals surface area contributed by atoms with Gasteiger partial charge in [-0.1, -0.05) is 11.6 Å². The molecule has 1 aromatic carbocycles. The molecule has 1 atom stereocenters. The molecule has 5 rings (SSSR count). The SMILES string of the molecule is [CH2]C1CN(c2cc(C#N)cc(Nc3nc(NC4CC4)c4ncc(C#N)n4n3)c2Cl)CCO1. The van der Waals surface area contributed by atoms with Gasteiger partial charge in [-0.05, 0) is 31.9 Å². The van der Waals surface area contributed by atoms with Crippen LogP contribution >= 0.6 is 11.6 Å². The van der Waals surface area contributed by atoms with E-state index in [-0.39, 0.29) is 17.7 Å². The molecule has 3 aromatic rings. The number of rotatable bonds is 5. The summed E-state index contributed by atoms with van der Waals surface area (Å²) >= 11 is 6.74. The van der Waals surface area contributed by atoms with Crippen LogP contribution in [0, 0.1) is 29.6 Å². The Morgan fingerprint density at radius 2 is 2.09 bits per heavy atom. The fourth-order valence-corrected chi connectivity index (χ4v) is 3.86. The van der Waals surface area contributed by atoms with Crippen molar-refractivity contribution < 1.29 is 4.74 Å². The Balaban J connectivity index is 1.55. The van der Waals surface area contributed by atoms with E-state index in [2.05, 4.69) is 44.8 Å². The zero-order valence-corrected chi connectivity index (χ0v) is 17.8. The highest BCUT2D eigenvalue weighted by Gasteiger charge is 2.25. The van der Waals surface area contributed by atoms with Crippen molar-refractivity contribution >= 4 is 40.4 Å². The highest BCUT2D eigenvalue weighted by atomic mass is 35.5. The van der Waals surface area contributed by atoms with Crippen molar-refractivity contribution in [3.05, 3.63) is 41.5 Å². The Kier molecular flexibility index (Phi) is 5.17. The van der Waals surface area contributed by atoms with Crippen molar-refractivity contribution in [1.82, 2.24) is 19.6 Å². The number of nitrogens with one attached hydrogen (secondary N) is 2. The molecule has 2 aliphatic rings. The smallest absolute Gasteiger partial charge is 0.247 e. The fraction of sp³-hybridized carbons (Fsp3) is 0.333. The van der Waals surface area contributed by atoms with Gasteiger partial charge < -0.3 is 20.3 Å². The lowest BCUT2D eigenvalue weighted by molar-refractivity contribution is 0.0699. The van der Waals surface area contributed by atoms with Gasteiger partial charge in [0, 0.05) is 19.1 Å². The molecule has 0 spiro atoms. The number of benzene rings is 1. The highest BCUT2D eigenvalue weighted by molar-refractivity contribution is 6.36. The standard InChI is InChI=1S/C21H19ClN9O/c1-12-11-30(4-5-32-12)17-7-13(8-23)6-16(18(17)22)27-21-28-19(26-14-2-3-14)20-25-10-15(9-24)31(20)29-21/h6-7,10,12,14H,1-5,11H2,(H2,26,27,28,29). The zero-order valence-electron chi connectivity index (χ0n) is 17.0. The summed E-state index contributed by atoms with van der Waals surface area (Å²) in [4.78, 5) is 10.9. The number of imidazole rings is 1. The Bertz CT molecular complexity index is 1270. The third-order valence-corrected chi connectivity index (χ3v) is 5.70. The molecular formula is C21H19ClN9O. The molecule has 1 radical (unpaired) electrons. The average molecular weight is 449 g/mol. The quantitative estimate of drug-likeness (QED) is 0.605. The molecule has 2 fully saturated rings. The summed E-state index contributed by atoms with van der Waals surface area (Å²) in [5.41, 5.74) is 2.41. The van der Waals surface area contributed by atoms with Gasteiger partial charge in [0.15, 0.2) is 17.2 Å². The molecule has 3 heterocycles. The summed E-state index contributed by atoms with van der Waals surface area (Å²) in [6.45, 7) is 5.69. The van der Waals surface area contributed by atoms with Crippen LogP contribution < -0.4 is 15.5 Å². The lowest BCUT2D eigenvalue weighted by atomic mass is 10.1. The lowest BCUT2D eigenvalue weighted by Gasteiger charge is -2.33. The van der Waals surface area contributed by atoms with E-state index in [1.165, 1.54) is 10.7 Å². The molecule has 0 bridgehead atoms. The summed E-state index contributed by atoms with van der Waals surface area (Å²) in [5.74, 6) is 0.766. The van der Waals surface area contributed by atoms with Gasteiger partial charge in [0.05, 0.1) is 46.9 Å². The topological polar surface area (TPSA) is 127 Å². The minimum atomic E-state index is -0.186. The molecule has 2 N–H and O–H groups in total. The largest absolute Gasteiger partial charge is 0.375 e. The second-order valence-corrected chi connectivity index (χ2v) is 8.10. The Morgan fingerprint density at radius 3 is 2.81 bits per heavy atom. The molecule has 1 saturated heterocycles.